The molecule has 0 aliphatic carbocycles. The molecule has 2 amide bonds. The molecule has 230 valence electrons. The Morgan fingerprint density at radius 2 is 1.32 bits per heavy atom. The second-order valence-corrected chi connectivity index (χ2v) is 10.2. The quantitative estimate of drug-likeness (QED) is 0.112. The van der Waals surface area contributed by atoms with E-state index in [0.717, 1.165) is 6.92 Å². The summed E-state index contributed by atoms with van der Waals surface area (Å²) in [5, 5.41) is 89.8. The van der Waals surface area contributed by atoms with Crippen molar-refractivity contribution in [3.8, 4) is 0 Å². The van der Waals surface area contributed by atoms with E-state index in [1.165, 1.54) is 6.92 Å². The molecule has 0 spiro atoms. The zero-order valence-electron chi connectivity index (χ0n) is 21.6. The highest BCUT2D eigenvalue weighted by atomic mass is 16.7. The second-order valence-electron chi connectivity index (χ2n) is 10.2. The number of fused-ring (bicyclic) bond motifs is 1. The first-order valence-electron chi connectivity index (χ1n) is 12.7. The molecule has 4 aliphatic rings. The lowest BCUT2D eigenvalue weighted by molar-refractivity contribution is -0.356. The van der Waals surface area contributed by atoms with Crippen molar-refractivity contribution in [2.24, 2.45) is 0 Å². The molecule has 0 aromatic heterocycles. The zero-order chi connectivity index (χ0) is 29.5. The number of amides is 2. The Hall–Kier alpha value is -1.62. The van der Waals surface area contributed by atoms with Gasteiger partial charge in [-0.3, -0.25) is 14.9 Å². The summed E-state index contributed by atoms with van der Waals surface area (Å²) in [6.45, 7) is 0.201. The highest BCUT2D eigenvalue weighted by Crippen LogP contribution is 2.40. The van der Waals surface area contributed by atoms with E-state index in [4.69, 9.17) is 23.7 Å². The lowest BCUT2D eigenvalue weighted by Gasteiger charge is -2.48. The molecule has 0 aromatic carbocycles. The van der Waals surface area contributed by atoms with Crippen LogP contribution in [-0.4, -0.2) is 164 Å². The molecular weight excluding hydrogens is 546 g/mol. The molecule has 4 heterocycles. The minimum Gasteiger partial charge on any atom is -0.394 e. The lowest BCUT2D eigenvalue weighted by atomic mass is 9.94. The fraction of sp³-hybridized carbons (Fsp3) is 0.909. The highest BCUT2D eigenvalue weighted by Gasteiger charge is 2.69. The van der Waals surface area contributed by atoms with Gasteiger partial charge >= 0.3 is 0 Å². The third-order valence-electron chi connectivity index (χ3n) is 7.37. The van der Waals surface area contributed by atoms with Gasteiger partial charge in [-0.05, 0) is 0 Å². The van der Waals surface area contributed by atoms with Gasteiger partial charge < -0.3 is 75.2 Å². The van der Waals surface area contributed by atoms with E-state index in [2.05, 4.69) is 16.0 Å². The SMILES string of the molecule is CC(=O)N[C@H]1[C@@H](O[C@@H]2[C@@H](CO)O[C@@H]3N[C@@]3(NC(C)=O)[C@H]2O)O[C@H](CO)[C@@H](O[C@H]2O[C@H](CO)[C@@H](O)[C@H](O)[C@@H]2O)[C@@H]1O. The lowest BCUT2D eigenvalue weighted by Crippen LogP contribution is -2.69. The molecule has 0 bridgehead atoms. The number of rotatable bonds is 9. The standard InChI is InChI=1S/C22H37N3O15/c1-6(29)23-11-13(32)16(39-20-15(34)14(33)12(31)8(3-26)36-20)9(4-27)37-19(11)40-17-10(5-28)38-21-22(25-21,18(17)35)24-7(2)30/h8-21,25-28,31-35H,3-5H2,1-2H3,(H,23,29)(H,24,30)/t8-,9-,10-,11-,12-,13-,14+,15+,16-,17-,18+,19-,20-,21+,22+/m1/s1. The number of hydrogen-bond acceptors (Lipinski definition) is 16. The normalized spacial score (nSPS) is 48.6. The van der Waals surface area contributed by atoms with Crippen LogP contribution in [0, 0.1) is 0 Å². The van der Waals surface area contributed by atoms with E-state index < -0.39 is 123 Å². The van der Waals surface area contributed by atoms with Crippen molar-refractivity contribution < 1.29 is 74.1 Å². The van der Waals surface area contributed by atoms with Crippen LogP contribution < -0.4 is 16.0 Å². The molecule has 18 nitrogen and oxygen atoms in total. The first kappa shape index (κ1) is 31.3. The molecule has 4 rings (SSSR count). The van der Waals surface area contributed by atoms with Crippen LogP contribution in [0.25, 0.3) is 0 Å². The monoisotopic (exact) mass is 583 g/mol. The molecule has 0 aromatic rings. The van der Waals surface area contributed by atoms with Crippen molar-refractivity contribution in [2.75, 3.05) is 19.8 Å². The van der Waals surface area contributed by atoms with Gasteiger partial charge in [0.15, 0.2) is 18.2 Å². The Labute approximate surface area is 227 Å². The predicted octanol–water partition coefficient (Wildman–Crippen LogP) is -7.35. The van der Waals surface area contributed by atoms with Gasteiger partial charge in [0.1, 0.15) is 73.3 Å². The maximum Gasteiger partial charge on any atom is 0.218 e. The summed E-state index contributed by atoms with van der Waals surface area (Å²) in [5.74, 6) is -1.14. The van der Waals surface area contributed by atoms with E-state index in [-0.39, 0.29) is 0 Å². The predicted molar refractivity (Wildman–Crippen MR) is 124 cm³/mol. The zero-order valence-corrected chi connectivity index (χ0v) is 21.6. The maximum atomic E-state index is 12.0. The van der Waals surface area contributed by atoms with Crippen LogP contribution in [0.2, 0.25) is 0 Å². The second kappa shape index (κ2) is 12.3. The molecule has 11 N–H and O–H groups in total. The van der Waals surface area contributed by atoms with E-state index in [1.54, 1.807) is 0 Å². The van der Waals surface area contributed by atoms with Crippen LogP contribution in [0.5, 0.6) is 0 Å². The number of nitrogens with one attached hydrogen (secondary N) is 3. The van der Waals surface area contributed by atoms with Crippen molar-refractivity contribution in [3.63, 3.8) is 0 Å². The topological polar surface area (TPSA) is 288 Å². The van der Waals surface area contributed by atoms with Crippen LogP contribution in [0.3, 0.4) is 0 Å². The Balaban J connectivity index is 1.55. The van der Waals surface area contributed by atoms with Gasteiger partial charge in [-0.2, -0.15) is 0 Å². The van der Waals surface area contributed by atoms with Crippen molar-refractivity contribution in [3.05, 3.63) is 0 Å². The third-order valence-corrected chi connectivity index (χ3v) is 7.37. The summed E-state index contributed by atoms with van der Waals surface area (Å²) in [6.07, 6.45) is -19.4. The Morgan fingerprint density at radius 1 is 0.750 bits per heavy atom. The molecule has 4 fully saturated rings. The van der Waals surface area contributed by atoms with E-state index in [1.807, 2.05) is 0 Å². The van der Waals surface area contributed by atoms with E-state index in [0.29, 0.717) is 0 Å². The molecule has 18 heteroatoms. The maximum absolute atomic E-state index is 12.0. The van der Waals surface area contributed by atoms with Gasteiger partial charge in [-0.25, -0.2) is 0 Å². The summed E-state index contributed by atoms with van der Waals surface area (Å²) in [5.41, 5.74) is -1.43. The number of aliphatic hydroxyl groups is 8. The molecule has 4 saturated heterocycles. The molecule has 0 unspecified atom stereocenters. The molecular formula is C22H37N3O15. The molecule has 0 saturated carbocycles. The van der Waals surface area contributed by atoms with Gasteiger partial charge in [-0.1, -0.05) is 0 Å². The average molecular weight is 584 g/mol. The highest BCUT2D eigenvalue weighted by molar-refractivity contribution is 5.74. The van der Waals surface area contributed by atoms with Gasteiger partial charge in [0, 0.05) is 13.8 Å². The summed E-state index contributed by atoms with van der Waals surface area (Å²) in [4.78, 5) is 23.7. The van der Waals surface area contributed by atoms with Gasteiger partial charge in [0.25, 0.3) is 0 Å². The van der Waals surface area contributed by atoms with Crippen molar-refractivity contribution >= 4 is 11.8 Å². The fourth-order valence-corrected chi connectivity index (χ4v) is 5.28. The molecule has 4 aliphatic heterocycles. The number of hydrogen-bond donors (Lipinski definition) is 11. The van der Waals surface area contributed by atoms with E-state index in [9.17, 15) is 50.4 Å². The van der Waals surface area contributed by atoms with Crippen LogP contribution >= 0.6 is 0 Å². The smallest absolute Gasteiger partial charge is 0.218 e. The molecule has 40 heavy (non-hydrogen) atoms. The number of aliphatic hydroxyl groups excluding tert-OH is 8. The average Bonchev–Trinajstić information content (AvgIpc) is 3.61. The Bertz CT molecular complexity index is 915. The molecule has 0 radical (unpaired) electrons. The van der Waals surface area contributed by atoms with Crippen LogP contribution in [0.1, 0.15) is 13.8 Å². The number of carbonyl (C=O) groups is 2. The third kappa shape index (κ3) is 5.83. The van der Waals surface area contributed by atoms with Crippen molar-refractivity contribution in [1.82, 2.24) is 16.0 Å². The van der Waals surface area contributed by atoms with Gasteiger partial charge in [-0.15, -0.1) is 0 Å². The first-order chi connectivity index (χ1) is 18.9. The van der Waals surface area contributed by atoms with Crippen LogP contribution in [0.15, 0.2) is 0 Å². The van der Waals surface area contributed by atoms with Crippen molar-refractivity contribution in [2.45, 2.75) is 105 Å². The van der Waals surface area contributed by atoms with Crippen molar-refractivity contribution in [1.29, 1.82) is 0 Å². The first-order valence-corrected chi connectivity index (χ1v) is 12.7. The Morgan fingerprint density at radius 3 is 1.90 bits per heavy atom. The molecule has 15 atom stereocenters. The van der Waals surface area contributed by atoms with Gasteiger partial charge in [0.2, 0.25) is 11.8 Å². The van der Waals surface area contributed by atoms with E-state index >= 15 is 0 Å². The Kier molecular flexibility index (Phi) is 9.64. The number of ether oxygens (including phenoxy) is 5. The fourth-order valence-electron chi connectivity index (χ4n) is 5.28. The van der Waals surface area contributed by atoms with Crippen LogP contribution in [-0.2, 0) is 33.3 Å². The minimum absolute atomic E-state index is 0.493. The number of carbonyl (C=O) groups excluding carboxylic acids is 2. The van der Waals surface area contributed by atoms with Gasteiger partial charge in [0.05, 0.1) is 19.8 Å². The minimum atomic E-state index is -1.83. The van der Waals surface area contributed by atoms with Crippen LogP contribution in [0.4, 0.5) is 0 Å². The summed E-state index contributed by atoms with van der Waals surface area (Å²) < 4.78 is 28.3. The largest absolute Gasteiger partial charge is 0.394 e. The summed E-state index contributed by atoms with van der Waals surface area (Å²) in [7, 11) is 0. The summed E-state index contributed by atoms with van der Waals surface area (Å²) >= 11 is 0. The summed E-state index contributed by atoms with van der Waals surface area (Å²) in [6, 6.07) is -1.43.